The van der Waals surface area contributed by atoms with Crippen LogP contribution in [0, 0.1) is 0 Å². The van der Waals surface area contributed by atoms with Gasteiger partial charge in [0, 0.05) is 26.1 Å². The van der Waals surface area contributed by atoms with Crippen LogP contribution < -0.4 is 10.1 Å². The van der Waals surface area contributed by atoms with Crippen molar-refractivity contribution in [3.05, 3.63) is 48.2 Å². The van der Waals surface area contributed by atoms with Crippen molar-refractivity contribution in [1.82, 2.24) is 14.9 Å². The van der Waals surface area contributed by atoms with Crippen LogP contribution in [0.5, 0.6) is 5.75 Å². The normalized spacial score (nSPS) is 10.8. The predicted octanol–water partition coefficient (Wildman–Crippen LogP) is 2.15. The van der Waals surface area contributed by atoms with Crippen molar-refractivity contribution in [2.45, 2.75) is 6.42 Å². The molecular formula is C16H17N3O3. The first-order valence-corrected chi connectivity index (χ1v) is 7.00. The number of hydrogen-bond acceptors (Lipinski definition) is 4. The number of hydrogen-bond donors (Lipinski definition) is 1. The molecule has 2 aromatic heterocycles. The van der Waals surface area contributed by atoms with E-state index in [1.807, 2.05) is 29.8 Å². The fourth-order valence-corrected chi connectivity index (χ4v) is 2.36. The van der Waals surface area contributed by atoms with Gasteiger partial charge in [-0.3, -0.25) is 4.79 Å². The van der Waals surface area contributed by atoms with E-state index in [9.17, 15) is 4.79 Å². The highest BCUT2D eigenvalue weighted by molar-refractivity contribution is 5.91. The molecule has 0 spiro atoms. The molecule has 6 heteroatoms. The first-order chi connectivity index (χ1) is 10.7. The Labute approximate surface area is 127 Å². The Morgan fingerprint density at radius 2 is 2.27 bits per heavy atom. The number of benzene rings is 1. The Hall–Kier alpha value is -2.76. The summed E-state index contributed by atoms with van der Waals surface area (Å²) in [6.45, 7) is 0.494. The molecule has 1 N–H and O–H groups in total. The molecule has 22 heavy (non-hydrogen) atoms. The molecular weight excluding hydrogens is 282 g/mol. The fourth-order valence-electron chi connectivity index (χ4n) is 2.36. The number of fused-ring (bicyclic) bond motifs is 1. The van der Waals surface area contributed by atoms with Crippen LogP contribution in [0.4, 0.5) is 0 Å². The Bertz CT molecular complexity index is 790. The lowest BCUT2D eigenvalue weighted by Gasteiger charge is -2.04. The van der Waals surface area contributed by atoms with Gasteiger partial charge < -0.3 is 19.0 Å². The van der Waals surface area contributed by atoms with E-state index >= 15 is 0 Å². The average molecular weight is 299 g/mol. The Morgan fingerprint density at radius 1 is 1.41 bits per heavy atom. The summed E-state index contributed by atoms with van der Waals surface area (Å²) in [5.41, 5.74) is 1.92. The van der Waals surface area contributed by atoms with E-state index in [4.69, 9.17) is 9.15 Å². The zero-order valence-electron chi connectivity index (χ0n) is 12.5. The highest BCUT2D eigenvalue weighted by Gasteiger charge is 2.11. The number of rotatable bonds is 5. The lowest BCUT2D eigenvalue weighted by Crippen LogP contribution is -2.25. The standard InChI is InChI=1S/C16H17N3O3/c1-19-13-6-5-11(21-2)10-12(13)18-15(19)7-8-17-16(20)14-4-3-9-22-14/h3-6,9-10H,7-8H2,1-2H3,(H,17,20). The quantitative estimate of drug-likeness (QED) is 0.783. The van der Waals surface area contributed by atoms with Crippen molar-refractivity contribution in [3.8, 4) is 5.75 Å². The molecule has 6 nitrogen and oxygen atoms in total. The maximum atomic E-state index is 11.8. The Balaban J connectivity index is 1.69. The molecule has 3 aromatic rings. The monoisotopic (exact) mass is 299 g/mol. The first-order valence-electron chi connectivity index (χ1n) is 7.00. The number of furan rings is 1. The smallest absolute Gasteiger partial charge is 0.286 e. The molecule has 0 saturated heterocycles. The van der Waals surface area contributed by atoms with Gasteiger partial charge >= 0.3 is 0 Å². The predicted molar refractivity (Wildman–Crippen MR) is 82.0 cm³/mol. The molecule has 114 valence electrons. The Kier molecular flexibility index (Phi) is 3.82. The number of nitrogens with one attached hydrogen (secondary N) is 1. The van der Waals surface area contributed by atoms with E-state index in [2.05, 4.69) is 10.3 Å². The number of aromatic nitrogens is 2. The van der Waals surface area contributed by atoms with Crippen molar-refractivity contribution in [2.24, 2.45) is 7.05 Å². The summed E-state index contributed by atoms with van der Waals surface area (Å²) in [4.78, 5) is 16.4. The van der Waals surface area contributed by atoms with Crippen LogP contribution in [0.2, 0.25) is 0 Å². The van der Waals surface area contributed by atoms with Crippen molar-refractivity contribution in [3.63, 3.8) is 0 Å². The molecule has 0 radical (unpaired) electrons. The molecule has 0 unspecified atom stereocenters. The Morgan fingerprint density at radius 3 is 3.00 bits per heavy atom. The number of nitrogens with zero attached hydrogens (tertiary/aromatic N) is 2. The number of amides is 1. The van der Waals surface area contributed by atoms with Gasteiger partial charge in [-0.1, -0.05) is 0 Å². The van der Waals surface area contributed by atoms with E-state index in [1.54, 1.807) is 19.2 Å². The third kappa shape index (κ3) is 2.67. The van der Waals surface area contributed by atoms with Gasteiger partial charge in [0.2, 0.25) is 0 Å². The second-order valence-electron chi connectivity index (χ2n) is 4.92. The van der Waals surface area contributed by atoms with Gasteiger partial charge in [0.1, 0.15) is 11.6 Å². The zero-order valence-corrected chi connectivity index (χ0v) is 12.5. The highest BCUT2D eigenvalue weighted by Crippen LogP contribution is 2.20. The molecule has 0 aliphatic rings. The van der Waals surface area contributed by atoms with Gasteiger partial charge in [-0.2, -0.15) is 0 Å². The molecule has 0 bridgehead atoms. The summed E-state index contributed by atoms with van der Waals surface area (Å²) in [7, 11) is 3.60. The topological polar surface area (TPSA) is 69.3 Å². The van der Waals surface area contributed by atoms with Gasteiger partial charge in [0.25, 0.3) is 5.91 Å². The van der Waals surface area contributed by atoms with Crippen molar-refractivity contribution in [1.29, 1.82) is 0 Å². The number of carbonyl (C=O) groups is 1. The number of ether oxygens (including phenoxy) is 1. The molecule has 0 saturated carbocycles. The van der Waals surface area contributed by atoms with Gasteiger partial charge in [0.05, 0.1) is 24.4 Å². The van der Waals surface area contributed by atoms with Crippen LogP contribution in [0.15, 0.2) is 41.0 Å². The van der Waals surface area contributed by atoms with Gasteiger partial charge in [-0.05, 0) is 24.3 Å². The van der Waals surface area contributed by atoms with Crippen LogP contribution in [0.3, 0.4) is 0 Å². The van der Waals surface area contributed by atoms with Crippen molar-refractivity contribution in [2.75, 3.05) is 13.7 Å². The SMILES string of the molecule is COc1ccc2c(c1)nc(CCNC(=O)c1ccco1)n2C. The van der Waals surface area contributed by atoms with Crippen LogP contribution in [0.25, 0.3) is 11.0 Å². The molecule has 0 fully saturated rings. The molecule has 0 aliphatic heterocycles. The first kappa shape index (κ1) is 14.2. The van der Waals surface area contributed by atoms with Crippen molar-refractivity contribution < 1.29 is 13.9 Å². The van der Waals surface area contributed by atoms with E-state index in [0.717, 1.165) is 22.6 Å². The summed E-state index contributed by atoms with van der Waals surface area (Å²) in [6.07, 6.45) is 2.12. The molecule has 2 heterocycles. The largest absolute Gasteiger partial charge is 0.497 e. The van der Waals surface area contributed by atoms with Crippen LogP contribution in [-0.2, 0) is 13.5 Å². The van der Waals surface area contributed by atoms with Gasteiger partial charge in [-0.15, -0.1) is 0 Å². The fraction of sp³-hybridized carbons (Fsp3) is 0.250. The van der Waals surface area contributed by atoms with Crippen LogP contribution in [0.1, 0.15) is 16.4 Å². The average Bonchev–Trinajstić information content (AvgIpc) is 3.16. The summed E-state index contributed by atoms with van der Waals surface area (Å²) in [5.74, 6) is 1.78. The van der Waals surface area contributed by atoms with Crippen LogP contribution >= 0.6 is 0 Å². The second kappa shape index (κ2) is 5.93. The summed E-state index contributed by atoms with van der Waals surface area (Å²) >= 11 is 0. The molecule has 1 aromatic carbocycles. The number of aryl methyl sites for hydroxylation is 1. The number of imidazole rings is 1. The minimum atomic E-state index is -0.217. The van der Waals surface area contributed by atoms with E-state index < -0.39 is 0 Å². The molecule has 1 amide bonds. The number of methoxy groups -OCH3 is 1. The zero-order chi connectivity index (χ0) is 15.5. The minimum absolute atomic E-state index is 0.217. The van der Waals surface area contributed by atoms with Crippen LogP contribution in [-0.4, -0.2) is 29.1 Å². The summed E-state index contributed by atoms with van der Waals surface area (Å²) < 4.78 is 12.3. The number of carbonyl (C=O) groups excluding carboxylic acids is 1. The van der Waals surface area contributed by atoms with E-state index in [1.165, 1.54) is 6.26 Å². The lowest BCUT2D eigenvalue weighted by molar-refractivity contribution is 0.0926. The maximum Gasteiger partial charge on any atom is 0.286 e. The molecule has 3 rings (SSSR count). The minimum Gasteiger partial charge on any atom is -0.497 e. The van der Waals surface area contributed by atoms with Gasteiger partial charge in [0.15, 0.2) is 5.76 Å². The second-order valence-corrected chi connectivity index (χ2v) is 4.92. The molecule has 0 aliphatic carbocycles. The highest BCUT2D eigenvalue weighted by atomic mass is 16.5. The summed E-state index contributed by atoms with van der Waals surface area (Å²) in [5, 5.41) is 2.82. The lowest BCUT2D eigenvalue weighted by atomic mass is 10.3. The third-order valence-electron chi connectivity index (χ3n) is 3.56. The summed E-state index contributed by atoms with van der Waals surface area (Å²) in [6, 6.07) is 9.11. The van der Waals surface area contributed by atoms with E-state index in [0.29, 0.717) is 18.7 Å². The maximum absolute atomic E-state index is 11.8. The van der Waals surface area contributed by atoms with E-state index in [-0.39, 0.29) is 5.91 Å². The third-order valence-corrected chi connectivity index (χ3v) is 3.56. The molecule has 0 atom stereocenters. The van der Waals surface area contributed by atoms with Gasteiger partial charge in [-0.25, -0.2) is 4.98 Å². The van der Waals surface area contributed by atoms with Crippen molar-refractivity contribution >= 4 is 16.9 Å².